The molecule has 1 aliphatic rings. The number of hydrogen-bond acceptors (Lipinski definition) is 5. The van der Waals surface area contributed by atoms with E-state index < -0.39 is 11.6 Å². The lowest BCUT2D eigenvalue weighted by molar-refractivity contribution is 0.0419. The van der Waals surface area contributed by atoms with Crippen molar-refractivity contribution < 1.29 is 27.6 Å². The molecular formula is C18H20F2N2O4. The molecule has 1 saturated heterocycles. The highest BCUT2D eigenvalue weighted by molar-refractivity contribution is 5.92. The Hall–Kier alpha value is -2.48. The third-order valence-electron chi connectivity index (χ3n) is 4.30. The van der Waals surface area contributed by atoms with Crippen LogP contribution >= 0.6 is 0 Å². The lowest BCUT2D eigenvalue weighted by Crippen LogP contribution is -2.46. The third kappa shape index (κ3) is 4.19. The maximum Gasteiger partial charge on any atom is 0.276 e. The number of benzene rings is 1. The molecule has 3 rings (SSSR count). The van der Waals surface area contributed by atoms with Crippen molar-refractivity contribution in [3.05, 3.63) is 47.4 Å². The van der Waals surface area contributed by atoms with Gasteiger partial charge in [0, 0.05) is 25.8 Å². The van der Waals surface area contributed by atoms with Crippen molar-refractivity contribution in [3.8, 4) is 5.75 Å². The molecule has 1 aliphatic heterocycles. The van der Waals surface area contributed by atoms with Crippen LogP contribution in [0.4, 0.5) is 8.78 Å². The number of likely N-dealkylation sites (tertiary alicyclic amines) is 1. The predicted octanol–water partition coefficient (Wildman–Crippen LogP) is 3.17. The zero-order valence-electron chi connectivity index (χ0n) is 14.4. The minimum Gasteiger partial charge on any atom is -0.485 e. The van der Waals surface area contributed by atoms with Gasteiger partial charge in [-0.1, -0.05) is 5.16 Å². The molecule has 2 aromatic rings. The normalized spacial score (nSPS) is 17.3. The molecule has 1 amide bonds. The van der Waals surface area contributed by atoms with Crippen molar-refractivity contribution in [2.45, 2.75) is 31.9 Å². The summed E-state index contributed by atoms with van der Waals surface area (Å²) < 4.78 is 41.7. The molecule has 0 bridgehead atoms. The first-order valence-electron chi connectivity index (χ1n) is 8.42. The second kappa shape index (κ2) is 8.27. The molecule has 8 heteroatoms. The van der Waals surface area contributed by atoms with Crippen LogP contribution in [0.2, 0.25) is 0 Å². The fourth-order valence-corrected chi connectivity index (χ4v) is 2.98. The standard InChI is InChI=1S/C18H20F2N2O4/c1-24-10-12-4-2-3-7-22(12)18(23)17-9-14(26-21-17)11-25-13-5-6-15(19)16(20)8-13/h5-6,8-9,12H,2-4,7,10-11H2,1H3/t12-/m1/s1. The molecule has 1 fully saturated rings. The van der Waals surface area contributed by atoms with Crippen molar-refractivity contribution in [1.82, 2.24) is 10.1 Å². The van der Waals surface area contributed by atoms with E-state index >= 15 is 0 Å². The lowest BCUT2D eigenvalue weighted by atomic mass is 10.0. The van der Waals surface area contributed by atoms with Gasteiger partial charge in [0.2, 0.25) is 0 Å². The van der Waals surface area contributed by atoms with E-state index in [1.165, 1.54) is 12.1 Å². The second-order valence-corrected chi connectivity index (χ2v) is 6.15. The molecule has 1 aromatic heterocycles. The first-order valence-corrected chi connectivity index (χ1v) is 8.42. The number of aromatic nitrogens is 1. The van der Waals surface area contributed by atoms with Crippen molar-refractivity contribution in [3.63, 3.8) is 0 Å². The van der Waals surface area contributed by atoms with E-state index in [4.69, 9.17) is 14.0 Å². The Kier molecular flexibility index (Phi) is 5.82. The Bertz CT molecular complexity index is 763. The van der Waals surface area contributed by atoms with Crippen LogP contribution in [0.25, 0.3) is 0 Å². The van der Waals surface area contributed by atoms with E-state index in [9.17, 15) is 13.6 Å². The second-order valence-electron chi connectivity index (χ2n) is 6.15. The average Bonchev–Trinajstić information content (AvgIpc) is 3.12. The van der Waals surface area contributed by atoms with Crippen LogP contribution in [0, 0.1) is 11.6 Å². The van der Waals surface area contributed by atoms with Crippen LogP contribution in [0.5, 0.6) is 5.75 Å². The zero-order valence-corrected chi connectivity index (χ0v) is 14.4. The molecule has 2 heterocycles. The van der Waals surface area contributed by atoms with Crippen molar-refractivity contribution >= 4 is 5.91 Å². The molecule has 26 heavy (non-hydrogen) atoms. The van der Waals surface area contributed by atoms with Gasteiger partial charge in [0.25, 0.3) is 5.91 Å². The third-order valence-corrected chi connectivity index (χ3v) is 4.30. The van der Waals surface area contributed by atoms with Gasteiger partial charge < -0.3 is 18.9 Å². The number of halogens is 2. The average molecular weight is 366 g/mol. The molecule has 0 unspecified atom stereocenters. The van der Waals surface area contributed by atoms with Crippen molar-refractivity contribution in [2.24, 2.45) is 0 Å². The first-order chi connectivity index (χ1) is 12.6. The first kappa shape index (κ1) is 18.3. The molecule has 0 radical (unpaired) electrons. The summed E-state index contributed by atoms with van der Waals surface area (Å²) in [4.78, 5) is 14.4. The monoisotopic (exact) mass is 366 g/mol. The van der Waals surface area contributed by atoms with Crippen LogP contribution in [0.15, 0.2) is 28.8 Å². The Morgan fingerprint density at radius 2 is 2.15 bits per heavy atom. The van der Waals surface area contributed by atoms with Gasteiger partial charge in [-0.25, -0.2) is 8.78 Å². The van der Waals surface area contributed by atoms with Gasteiger partial charge in [0.05, 0.1) is 12.6 Å². The Morgan fingerprint density at radius 1 is 1.31 bits per heavy atom. The number of hydrogen-bond donors (Lipinski definition) is 0. The molecule has 0 aliphatic carbocycles. The minimum atomic E-state index is -0.995. The number of methoxy groups -OCH3 is 1. The number of carbonyl (C=O) groups excluding carboxylic acids is 1. The maximum atomic E-state index is 13.2. The summed E-state index contributed by atoms with van der Waals surface area (Å²) in [5, 5.41) is 3.81. The molecule has 1 aromatic carbocycles. The highest BCUT2D eigenvalue weighted by Crippen LogP contribution is 2.21. The highest BCUT2D eigenvalue weighted by Gasteiger charge is 2.29. The molecule has 1 atom stereocenters. The predicted molar refractivity (Wildman–Crippen MR) is 87.7 cm³/mol. The van der Waals surface area contributed by atoms with E-state index in [0.29, 0.717) is 18.9 Å². The Balaban J connectivity index is 1.63. The van der Waals surface area contributed by atoms with Crippen LogP contribution in [-0.4, -0.2) is 42.3 Å². The smallest absolute Gasteiger partial charge is 0.276 e. The fourth-order valence-electron chi connectivity index (χ4n) is 2.98. The van der Waals surface area contributed by atoms with Gasteiger partial charge in [-0.15, -0.1) is 0 Å². The van der Waals surface area contributed by atoms with Crippen LogP contribution in [0.1, 0.15) is 35.5 Å². The summed E-state index contributed by atoms with van der Waals surface area (Å²) in [6, 6.07) is 4.76. The molecule has 6 nitrogen and oxygen atoms in total. The molecular weight excluding hydrogens is 346 g/mol. The van der Waals surface area contributed by atoms with E-state index in [1.54, 1.807) is 12.0 Å². The van der Waals surface area contributed by atoms with E-state index in [1.807, 2.05) is 0 Å². The van der Waals surface area contributed by atoms with Gasteiger partial charge in [0.1, 0.15) is 12.4 Å². The minimum absolute atomic E-state index is 0.0276. The number of rotatable bonds is 6. The van der Waals surface area contributed by atoms with Gasteiger partial charge in [0.15, 0.2) is 23.1 Å². The Labute approximate surface area is 149 Å². The largest absolute Gasteiger partial charge is 0.485 e. The number of amides is 1. The SMILES string of the molecule is COC[C@H]1CCCCN1C(=O)c1cc(COc2ccc(F)c(F)c2)on1. The van der Waals surface area contributed by atoms with Crippen LogP contribution in [-0.2, 0) is 11.3 Å². The number of piperidine rings is 1. The lowest BCUT2D eigenvalue weighted by Gasteiger charge is -2.34. The molecule has 0 saturated carbocycles. The fraction of sp³-hybridized carbons (Fsp3) is 0.444. The number of nitrogens with zero attached hydrogens (tertiary/aromatic N) is 2. The van der Waals surface area contributed by atoms with Gasteiger partial charge in [-0.05, 0) is 31.4 Å². The van der Waals surface area contributed by atoms with Crippen molar-refractivity contribution in [2.75, 3.05) is 20.3 Å². The van der Waals surface area contributed by atoms with Crippen molar-refractivity contribution in [1.29, 1.82) is 0 Å². The number of ether oxygens (including phenoxy) is 2. The van der Waals surface area contributed by atoms with Gasteiger partial charge in [-0.3, -0.25) is 4.79 Å². The summed E-state index contributed by atoms with van der Waals surface area (Å²) in [5.74, 6) is -1.68. The van der Waals surface area contributed by atoms with E-state index in [2.05, 4.69) is 5.16 Å². The molecule has 0 spiro atoms. The van der Waals surface area contributed by atoms with Crippen LogP contribution < -0.4 is 4.74 Å². The van der Waals surface area contributed by atoms with Gasteiger partial charge in [-0.2, -0.15) is 0 Å². The van der Waals surface area contributed by atoms with E-state index in [-0.39, 0.29) is 30.0 Å². The summed E-state index contributed by atoms with van der Waals surface area (Å²) in [5.41, 5.74) is 0.192. The summed E-state index contributed by atoms with van der Waals surface area (Å²) in [7, 11) is 1.61. The molecule has 0 N–H and O–H groups in total. The van der Waals surface area contributed by atoms with Crippen LogP contribution in [0.3, 0.4) is 0 Å². The van der Waals surface area contributed by atoms with E-state index in [0.717, 1.165) is 31.4 Å². The summed E-state index contributed by atoms with van der Waals surface area (Å²) >= 11 is 0. The summed E-state index contributed by atoms with van der Waals surface area (Å²) in [6.45, 7) is 1.09. The topological polar surface area (TPSA) is 64.8 Å². The maximum absolute atomic E-state index is 13.2. The Morgan fingerprint density at radius 3 is 2.92 bits per heavy atom. The quantitative estimate of drug-likeness (QED) is 0.786. The number of carbonyl (C=O) groups is 1. The summed E-state index contributed by atoms with van der Waals surface area (Å²) in [6.07, 6.45) is 2.89. The zero-order chi connectivity index (χ0) is 18.5. The highest BCUT2D eigenvalue weighted by atomic mass is 19.2. The molecule has 140 valence electrons. The van der Waals surface area contributed by atoms with Gasteiger partial charge >= 0.3 is 0 Å².